The summed E-state index contributed by atoms with van der Waals surface area (Å²) in [4.78, 5) is 7.27. The number of H-pyrrole nitrogens is 1. The van der Waals surface area contributed by atoms with Crippen molar-refractivity contribution in [2.75, 3.05) is 13.2 Å². The van der Waals surface area contributed by atoms with Crippen molar-refractivity contribution in [3.05, 3.63) is 17.7 Å². The van der Waals surface area contributed by atoms with Crippen LogP contribution in [0.3, 0.4) is 0 Å². The molecule has 1 fully saturated rings. The number of aryl methyl sites for hydroxylation is 1. The van der Waals surface area contributed by atoms with Crippen molar-refractivity contribution in [2.45, 2.75) is 39.2 Å². The summed E-state index contributed by atoms with van der Waals surface area (Å²) < 4.78 is 11.2. The van der Waals surface area contributed by atoms with Crippen LogP contribution in [0.2, 0.25) is 0 Å². The lowest BCUT2D eigenvalue weighted by Gasteiger charge is -2.17. The van der Waals surface area contributed by atoms with E-state index in [0.29, 0.717) is 6.61 Å². The minimum Gasteiger partial charge on any atom is -0.348 e. The van der Waals surface area contributed by atoms with Gasteiger partial charge < -0.3 is 19.8 Å². The molecule has 0 amide bonds. The Morgan fingerprint density at radius 3 is 3.00 bits per heavy atom. The Hall–Kier alpha value is -0.910. The fourth-order valence-corrected chi connectivity index (χ4v) is 1.78. The number of imidazole rings is 1. The Balaban J connectivity index is 1.71. The van der Waals surface area contributed by atoms with Gasteiger partial charge in [-0.15, -0.1) is 0 Å². The molecular formula is C11H19N3O2. The SMILES string of the molecule is Cc1[nH]cnc1CNCC1COC(C)(C)O1. The van der Waals surface area contributed by atoms with Gasteiger partial charge in [0, 0.05) is 18.8 Å². The van der Waals surface area contributed by atoms with E-state index in [2.05, 4.69) is 15.3 Å². The van der Waals surface area contributed by atoms with Crippen molar-refractivity contribution in [1.82, 2.24) is 15.3 Å². The molecule has 5 nitrogen and oxygen atoms in total. The molecule has 0 saturated carbocycles. The van der Waals surface area contributed by atoms with Crippen molar-refractivity contribution in [3.63, 3.8) is 0 Å². The van der Waals surface area contributed by atoms with E-state index in [1.807, 2.05) is 20.8 Å². The van der Waals surface area contributed by atoms with Crippen molar-refractivity contribution in [3.8, 4) is 0 Å². The maximum atomic E-state index is 5.69. The molecule has 1 atom stereocenters. The average Bonchev–Trinajstić information content (AvgIpc) is 2.74. The lowest BCUT2D eigenvalue weighted by Crippen LogP contribution is -2.30. The van der Waals surface area contributed by atoms with Gasteiger partial charge >= 0.3 is 0 Å². The highest BCUT2D eigenvalue weighted by Crippen LogP contribution is 2.21. The van der Waals surface area contributed by atoms with Crippen LogP contribution in [0.15, 0.2) is 6.33 Å². The summed E-state index contributed by atoms with van der Waals surface area (Å²) in [5.74, 6) is -0.436. The normalized spacial score (nSPS) is 23.8. The van der Waals surface area contributed by atoms with Gasteiger partial charge in [-0.1, -0.05) is 0 Å². The Kier molecular flexibility index (Phi) is 3.28. The molecule has 0 spiro atoms. The zero-order chi connectivity index (χ0) is 11.6. The molecule has 1 aliphatic rings. The number of nitrogens with zero attached hydrogens (tertiary/aromatic N) is 1. The molecule has 0 radical (unpaired) electrons. The highest BCUT2D eigenvalue weighted by Gasteiger charge is 2.32. The van der Waals surface area contributed by atoms with Crippen LogP contribution in [0.5, 0.6) is 0 Å². The first kappa shape index (κ1) is 11.6. The van der Waals surface area contributed by atoms with Crippen LogP contribution in [0.1, 0.15) is 25.2 Å². The van der Waals surface area contributed by atoms with Gasteiger partial charge in [-0.3, -0.25) is 0 Å². The van der Waals surface area contributed by atoms with E-state index in [-0.39, 0.29) is 6.10 Å². The van der Waals surface area contributed by atoms with E-state index in [1.165, 1.54) is 0 Å². The highest BCUT2D eigenvalue weighted by molar-refractivity contribution is 5.07. The van der Waals surface area contributed by atoms with Gasteiger partial charge in [0.1, 0.15) is 0 Å². The molecular weight excluding hydrogens is 206 g/mol. The fourth-order valence-electron chi connectivity index (χ4n) is 1.78. The molecule has 0 aromatic carbocycles. The molecule has 1 aromatic heterocycles. The highest BCUT2D eigenvalue weighted by atomic mass is 16.7. The van der Waals surface area contributed by atoms with Crippen molar-refractivity contribution < 1.29 is 9.47 Å². The Morgan fingerprint density at radius 2 is 2.44 bits per heavy atom. The molecule has 1 aliphatic heterocycles. The van der Waals surface area contributed by atoms with E-state index in [1.54, 1.807) is 6.33 Å². The molecule has 16 heavy (non-hydrogen) atoms. The maximum absolute atomic E-state index is 5.69. The van der Waals surface area contributed by atoms with Crippen LogP contribution in [0.25, 0.3) is 0 Å². The van der Waals surface area contributed by atoms with Gasteiger partial charge in [0.05, 0.1) is 24.7 Å². The predicted octanol–water partition coefficient (Wildman–Crippen LogP) is 0.959. The molecule has 2 heterocycles. The van der Waals surface area contributed by atoms with Gasteiger partial charge in [0.25, 0.3) is 0 Å². The second-order valence-corrected chi connectivity index (χ2v) is 4.56. The first-order chi connectivity index (χ1) is 7.57. The largest absolute Gasteiger partial charge is 0.348 e. The van der Waals surface area contributed by atoms with E-state index in [4.69, 9.17) is 9.47 Å². The van der Waals surface area contributed by atoms with Crippen LogP contribution in [-0.4, -0.2) is 35.0 Å². The zero-order valence-corrected chi connectivity index (χ0v) is 10.0. The molecule has 5 heteroatoms. The molecule has 2 N–H and O–H groups in total. The Morgan fingerprint density at radius 1 is 1.62 bits per heavy atom. The lowest BCUT2D eigenvalue weighted by atomic mass is 10.3. The Labute approximate surface area is 95.6 Å². The lowest BCUT2D eigenvalue weighted by molar-refractivity contribution is -0.137. The first-order valence-corrected chi connectivity index (χ1v) is 5.58. The van der Waals surface area contributed by atoms with Crippen LogP contribution < -0.4 is 5.32 Å². The minimum atomic E-state index is -0.436. The summed E-state index contributed by atoms with van der Waals surface area (Å²) in [6.45, 7) is 8.09. The van der Waals surface area contributed by atoms with Crippen LogP contribution in [-0.2, 0) is 16.0 Å². The van der Waals surface area contributed by atoms with Gasteiger partial charge in [0.15, 0.2) is 5.79 Å². The number of aromatic nitrogens is 2. The quantitative estimate of drug-likeness (QED) is 0.801. The molecule has 1 unspecified atom stereocenters. The monoisotopic (exact) mass is 225 g/mol. The summed E-state index contributed by atoms with van der Waals surface area (Å²) in [6, 6.07) is 0. The van der Waals surface area contributed by atoms with E-state index in [0.717, 1.165) is 24.5 Å². The average molecular weight is 225 g/mol. The molecule has 0 bridgehead atoms. The topological polar surface area (TPSA) is 59.2 Å². The number of ether oxygens (including phenoxy) is 2. The zero-order valence-electron chi connectivity index (χ0n) is 10.0. The van der Waals surface area contributed by atoms with Crippen LogP contribution in [0, 0.1) is 6.92 Å². The minimum absolute atomic E-state index is 0.134. The van der Waals surface area contributed by atoms with Gasteiger partial charge in [-0.2, -0.15) is 0 Å². The number of rotatable bonds is 4. The summed E-state index contributed by atoms with van der Waals surface area (Å²) >= 11 is 0. The number of nitrogens with one attached hydrogen (secondary N) is 2. The number of hydrogen-bond donors (Lipinski definition) is 2. The van der Waals surface area contributed by atoms with E-state index >= 15 is 0 Å². The third-order valence-corrected chi connectivity index (χ3v) is 2.67. The smallest absolute Gasteiger partial charge is 0.163 e. The molecule has 0 aliphatic carbocycles. The number of aromatic amines is 1. The number of hydrogen-bond acceptors (Lipinski definition) is 4. The van der Waals surface area contributed by atoms with E-state index < -0.39 is 5.79 Å². The van der Waals surface area contributed by atoms with Gasteiger partial charge in [-0.05, 0) is 20.8 Å². The second kappa shape index (κ2) is 4.53. The summed E-state index contributed by atoms with van der Waals surface area (Å²) in [5.41, 5.74) is 2.16. The summed E-state index contributed by atoms with van der Waals surface area (Å²) in [5, 5.41) is 3.32. The van der Waals surface area contributed by atoms with Crippen molar-refractivity contribution in [1.29, 1.82) is 0 Å². The van der Waals surface area contributed by atoms with Crippen LogP contribution >= 0.6 is 0 Å². The third-order valence-electron chi connectivity index (χ3n) is 2.67. The summed E-state index contributed by atoms with van der Waals surface area (Å²) in [6.07, 6.45) is 1.85. The first-order valence-electron chi connectivity index (χ1n) is 5.58. The van der Waals surface area contributed by atoms with Gasteiger partial charge in [0.2, 0.25) is 0 Å². The molecule has 2 rings (SSSR count). The third kappa shape index (κ3) is 2.81. The second-order valence-electron chi connectivity index (χ2n) is 4.56. The molecule has 1 aromatic rings. The molecule has 1 saturated heterocycles. The standard InChI is InChI=1S/C11H19N3O2/c1-8-10(14-7-13-8)5-12-4-9-6-15-11(2,3)16-9/h7,9,12H,4-6H2,1-3H3,(H,13,14). The van der Waals surface area contributed by atoms with Crippen LogP contribution in [0.4, 0.5) is 0 Å². The summed E-state index contributed by atoms with van der Waals surface area (Å²) in [7, 11) is 0. The maximum Gasteiger partial charge on any atom is 0.163 e. The predicted molar refractivity (Wildman–Crippen MR) is 59.9 cm³/mol. The fraction of sp³-hybridized carbons (Fsp3) is 0.727. The van der Waals surface area contributed by atoms with E-state index in [9.17, 15) is 0 Å². The Bertz CT molecular complexity index is 349. The van der Waals surface area contributed by atoms with Crippen molar-refractivity contribution >= 4 is 0 Å². The van der Waals surface area contributed by atoms with Gasteiger partial charge in [-0.25, -0.2) is 4.98 Å². The van der Waals surface area contributed by atoms with Crippen molar-refractivity contribution in [2.24, 2.45) is 0 Å². The molecule has 90 valence electrons.